The smallest absolute Gasteiger partial charge is 0.264 e. The lowest BCUT2D eigenvalue weighted by Gasteiger charge is -2.43. The zero-order valence-corrected chi connectivity index (χ0v) is 18.5. The number of epoxide rings is 1. The maximum absolute atomic E-state index is 11.7. The molecular formula is C17H36O5SSi. The zero-order chi connectivity index (χ0) is 18.9. The van der Waals surface area contributed by atoms with Crippen molar-refractivity contribution in [2.24, 2.45) is 5.92 Å². The van der Waals surface area contributed by atoms with Gasteiger partial charge < -0.3 is 9.16 Å². The Labute approximate surface area is 149 Å². The van der Waals surface area contributed by atoms with Gasteiger partial charge in [0.25, 0.3) is 10.1 Å². The summed E-state index contributed by atoms with van der Waals surface area (Å²) in [6.07, 6.45) is 0.807. The van der Waals surface area contributed by atoms with E-state index in [-0.39, 0.29) is 18.1 Å². The topological polar surface area (TPSA) is 65.1 Å². The molecule has 0 saturated carbocycles. The first-order valence-corrected chi connectivity index (χ1v) is 13.0. The third kappa shape index (κ3) is 5.27. The van der Waals surface area contributed by atoms with Crippen LogP contribution < -0.4 is 0 Å². The summed E-state index contributed by atoms with van der Waals surface area (Å²) < 4.78 is 40.8. The quantitative estimate of drug-likeness (QED) is 0.326. The summed E-state index contributed by atoms with van der Waals surface area (Å²) in [7, 11) is -5.60. The molecule has 0 aromatic heterocycles. The van der Waals surface area contributed by atoms with Crippen molar-refractivity contribution in [3.63, 3.8) is 0 Å². The Kier molecular flexibility index (Phi) is 7.51. The normalized spacial score (nSPS) is 24.7. The van der Waals surface area contributed by atoms with Gasteiger partial charge in [-0.25, -0.2) is 0 Å². The Bertz CT molecular complexity index is 481. The van der Waals surface area contributed by atoms with E-state index in [1.54, 1.807) is 0 Å². The summed E-state index contributed by atoms with van der Waals surface area (Å²) in [4.78, 5) is 0. The first-order chi connectivity index (χ1) is 10.8. The van der Waals surface area contributed by atoms with Crippen molar-refractivity contribution < 1.29 is 21.8 Å². The van der Waals surface area contributed by atoms with Gasteiger partial charge in [0.1, 0.15) is 6.10 Å². The first-order valence-electron chi connectivity index (χ1n) is 9.00. The van der Waals surface area contributed by atoms with Gasteiger partial charge in [-0.1, -0.05) is 48.5 Å². The monoisotopic (exact) mass is 380 g/mol. The molecular weight excluding hydrogens is 344 g/mol. The average Bonchev–Trinajstić information content (AvgIpc) is 3.11. The minimum absolute atomic E-state index is 0.0205. The molecule has 1 rings (SSSR count). The molecule has 24 heavy (non-hydrogen) atoms. The summed E-state index contributed by atoms with van der Waals surface area (Å²) in [5.41, 5.74) is 1.34. The zero-order valence-electron chi connectivity index (χ0n) is 16.7. The van der Waals surface area contributed by atoms with Crippen LogP contribution in [0.2, 0.25) is 16.6 Å². The summed E-state index contributed by atoms with van der Waals surface area (Å²) in [5.74, 6) is -0.0205. The maximum atomic E-state index is 11.7. The van der Waals surface area contributed by atoms with Crippen molar-refractivity contribution in [3.8, 4) is 0 Å². The maximum Gasteiger partial charge on any atom is 0.264 e. The van der Waals surface area contributed by atoms with Crippen LogP contribution >= 0.6 is 0 Å². The third-order valence-electron chi connectivity index (χ3n) is 5.37. The summed E-state index contributed by atoms with van der Waals surface area (Å²) >= 11 is 0. The highest BCUT2D eigenvalue weighted by Crippen LogP contribution is 2.43. The van der Waals surface area contributed by atoms with Crippen LogP contribution in [-0.2, 0) is 23.5 Å². The van der Waals surface area contributed by atoms with E-state index in [1.807, 2.05) is 13.8 Å². The van der Waals surface area contributed by atoms with Crippen LogP contribution in [0, 0.1) is 5.92 Å². The number of hydrogen-bond donors (Lipinski definition) is 0. The van der Waals surface area contributed by atoms with Gasteiger partial charge in [0, 0.05) is 5.92 Å². The molecule has 1 heterocycles. The van der Waals surface area contributed by atoms with Gasteiger partial charge in [0.15, 0.2) is 8.32 Å². The first kappa shape index (κ1) is 22.1. The van der Waals surface area contributed by atoms with Gasteiger partial charge in [-0.2, -0.15) is 8.42 Å². The second-order valence-corrected chi connectivity index (χ2v) is 15.2. The Balaban J connectivity index is 2.95. The highest BCUT2D eigenvalue weighted by atomic mass is 32.2. The van der Waals surface area contributed by atoms with Crippen LogP contribution in [0.25, 0.3) is 0 Å². The van der Waals surface area contributed by atoms with Crippen molar-refractivity contribution in [1.82, 2.24) is 0 Å². The van der Waals surface area contributed by atoms with E-state index in [2.05, 4.69) is 41.5 Å². The van der Waals surface area contributed by atoms with Gasteiger partial charge in [-0.15, -0.1) is 0 Å². The highest BCUT2D eigenvalue weighted by Gasteiger charge is 2.48. The van der Waals surface area contributed by atoms with Gasteiger partial charge >= 0.3 is 0 Å². The van der Waals surface area contributed by atoms with Crippen LogP contribution in [-0.4, -0.2) is 47.9 Å². The molecule has 0 bridgehead atoms. The molecule has 5 nitrogen and oxygen atoms in total. The van der Waals surface area contributed by atoms with Crippen LogP contribution in [0.1, 0.15) is 55.4 Å². The molecule has 0 amide bonds. The molecule has 1 saturated heterocycles. The molecule has 0 unspecified atom stereocenters. The molecule has 0 aromatic carbocycles. The second kappa shape index (κ2) is 8.16. The molecule has 0 radical (unpaired) electrons. The fraction of sp³-hybridized carbons (Fsp3) is 1.00. The van der Waals surface area contributed by atoms with E-state index in [0.717, 1.165) is 6.26 Å². The fourth-order valence-corrected chi connectivity index (χ4v) is 10.3. The molecule has 0 aromatic rings. The van der Waals surface area contributed by atoms with E-state index >= 15 is 0 Å². The number of rotatable bonds is 10. The SMILES string of the molecule is CC(C)[Si](OC[C@@H](OS(C)(=O)=O)[C@@H](C)[C@H]1O[C@H]1C)(C(C)C)C(C)C. The summed E-state index contributed by atoms with van der Waals surface area (Å²) in [6, 6.07) is 0. The molecule has 0 N–H and O–H groups in total. The van der Waals surface area contributed by atoms with Crippen molar-refractivity contribution in [3.05, 3.63) is 0 Å². The number of ether oxygens (including phenoxy) is 1. The van der Waals surface area contributed by atoms with Gasteiger partial charge in [0.05, 0.1) is 25.1 Å². The van der Waals surface area contributed by atoms with Gasteiger partial charge in [-0.05, 0) is 23.5 Å². The van der Waals surface area contributed by atoms with E-state index in [0.29, 0.717) is 23.2 Å². The third-order valence-corrected chi connectivity index (χ3v) is 12.0. The lowest BCUT2D eigenvalue weighted by molar-refractivity contribution is 0.0705. The van der Waals surface area contributed by atoms with E-state index in [9.17, 15) is 8.42 Å². The van der Waals surface area contributed by atoms with Gasteiger partial charge in [0.2, 0.25) is 0 Å². The fourth-order valence-electron chi connectivity index (χ4n) is 4.18. The highest BCUT2D eigenvalue weighted by molar-refractivity contribution is 7.86. The van der Waals surface area contributed by atoms with E-state index in [1.165, 1.54) is 0 Å². The number of hydrogen-bond acceptors (Lipinski definition) is 5. The van der Waals surface area contributed by atoms with Crippen molar-refractivity contribution in [2.75, 3.05) is 12.9 Å². The van der Waals surface area contributed by atoms with Crippen molar-refractivity contribution >= 4 is 18.4 Å². The lowest BCUT2D eigenvalue weighted by Crippen LogP contribution is -2.50. The molecule has 1 aliphatic rings. The molecule has 0 aliphatic carbocycles. The minimum atomic E-state index is -3.54. The Morgan fingerprint density at radius 2 is 1.42 bits per heavy atom. The Hall–Kier alpha value is 0.0469. The lowest BCUT2D eigenvalue weighted by atomic mass is 10.00. The average molecular weight is 381 g/mol. The molecule has 0 spiro atoms. The predicted octanol–water partition coefficient (Wildman–Crippen LogP) is 3.95. The molecule has 144 valence electrons. The van der Waals surface area contributed by atoms with Crippen molar-refractivity contribution in [2.45, 2.75) is 90.3 Å². The van der Waals surface area contributed by atoms with Crippen LogP contribution in [0.4, 0.5) is 0 Å². The van der Waals surface area contributed by atoms with E-state index in [4.69, 9.17) is 13.3 Å². The van der Waals surface area contributed by atoms with Gasteiger partial charge in [-0.3, -0.25) is 4.18 Å². The molecule has 1 aliphatic heterocycles. The summed E-state index contributed by atoms with van der Waals surface area (Å²) in [5, 5.41) is 0. The summed E-state index contributed by atoms with van der Waals surface area (Å²) in [6.45, 7) is 17.6. The molecule has 4 atom stereocenters. The standard InChI is InChI=1S/C17H36O5SSi/c1-11(2)24(12(3)4,13(5)6)20-10-16(22-23(9,18)19)14(7)17-15(8)21-17/h11-17H,10H2,1-9H3/t14-,15+,16-,17-/m1/s1. The molecule has 7 heteroatoms. The Morgan fingerprint density at radius 1 is 1.00 bits per heavy atom. The van der Waals surface area contributed by atoms with Crippen LogP contribution in [0.3, 0.4) is 0 Å². The predicted molar refractivity (Wildman–Crippen MR) is 100 cm³/mol. The van der Waals surface area contributed by atoms with Crippen LogP contribution in [0.15, 0.2) is 0 Å². The largest absolute Gasteiger partial charge is 0.413 e. The van der Waals surface area contributed by atoms with E-state index < -0.39 is 24.5 Å². The minimum Gasteiger partial charge on any atom is -0.413 e. The second-order valence-electron chi connectivity index (χ2n) is 8.13. The van der Waals surface area contributed by atoms with Crippen molar-refractivity contribution in [1.29, 1.82) is 0 Å². The van der Waals surface area contributed by atoms with Crippen LogP contribution in [0.5, 0.6) is 0 Å². The molecule has 1 fully saturated rings. The Morgan fingerprint density at radius 3 is 1.71 bits per heavy atom.